The summed E-state index contributed by atoms with van der Waals surface area (Å²) in [6.07, 6.45) is 4.39. The Balaban J connectivity index is 2.97. The van der Waals surface area contributed by atoms with Gasteiger partial charge >= 0.3 is 5.91 Å². The van der Waals surface area contributed by atoms with E-state index in [2.05, 4.69) is 11.6 Å². The highest BCUT2D eigenvalue weighted by Gasteiger charge is 2.14. The molecule has 0 saturated carbocycles. The molecule has 1 amide bonds. The molecule has 0 unspecified atom stereocenters. The molecule has 0 radical (unpaired) electrons. The van der Waals surface area contributed by atoms with Crippen LogP contribution in [0.25, 0.3) is 0 Å². The molecule has 1 N–H and O–H groups in total. The maximum absolute atomic E-state index is 13.0. The fraction of sp³-hybridized carbons (Fsp3) is 0.111. The third kappa shape index (κ3) is 1.99. The molecule has 12 heavy (non-hydrogen) atoms. The van der Waals surface area contributed by atoms with Gasteiger partial charge in [0.2, 0.25) is 5.71 Å². The largest absolute Gasteiger partial charge is 0.382 e. The summed E-state index contributed by atoms with van der Waals surface area (Å²) in [5, 5.41) is 0. The molecule has 0 spiro atoms. The van der Waals surface area contributed by atoms with Gasteiger partial charge in [-0.15, -0.1) is 0 Å². The molecular weight excluding hydrogens is 157 g/mol. The second-order valence-corrected chi connectivity index (χ2v) is 2.50. The van der Waals surface area contributed by atoms with Crippen molar-refractivity contribution in [1.82, 2.24) is 0 Å². The summed E-state index contributed by atoms with van der Waals surface area (Å²) in [7, 11) is 0. The topological polar surface area (TPSA) is 31.0 Å². The fourth-order valence-electron chi connectivity index (χ4n) is 0.850. The maximum atomic E-state index is 13.0. The highest BCUT2D eigenvalue weighted by Crippen LogP contribution is 2.10. The van der Waals surface area contributed by atoms with Gasteiger partial charge in [0.1, 0.15) is 0 Å². The van der Waals surface area contributed by atoms with Crippen molar-refractivity contribution in [3.8, 4) is 0 Å². The Kier molecular flexibility index (Phi) is 2.33. The Morgan fingerprint density at radius 3 is 2.75 bits per heavy atom. The van der Waals surface area contributed by atoms with Gasteiger partial charge in [-0.05, 0) is 17.7 Å². The first-order valence-electron chi connectivity index (χ1n) is 3.48. The lowest BCUT2D eigenvalue weighted by Crippen LogP contribution is -2.76. The van der Waals surface area contributed by atoms with Crippen LogP contribution < -0.4 is 4.99 Å². The molecule has 1 aliphatic rings. The molecule has 1 rings (SSSR count). The first kappa shape index (κ1) is 8.59. The number of hydrogen-bond acceptors (Lipinski definition) is 1. The molecule has 0 aromatic carbocycles. The van der Waals surface area contributed by atoms with Gasteiger partial charge in [-0.3, -0.25) is 0 Å². The standard InChI is InChI=1S/C9H8FNO/c1-6-3-4-9(8(10)5-6)11-7(2)12/h3-5H,1H2,2H3/p+1. The van der Waals surface area contributed by atoms with Crippen LogP contribution in [0.4, 0.5) is 4.39 Å². The number of carbonyl (C=O) groups is 1. The smallest absolute Gasteiger partial charge is 0.220 e. The minimum atomic E-state index is -0.460. The molecule has 0 saturated heterocycles. The van der Waals surface area contributed by atoms with E-state index in [1.54, 1.807) is 6.08 Å². The quantitative estimate of drug-likeness (QED) is 0.541. The minimum Gasteiger partial charge on any atom is -0.220 e. The van der Waals surface area contributed by atoms with Crippen molar-refractivity contribution in [2.45, 2.75) is 6.92 Å². The van der Waals surface area contributed by atoms with Gasteiger partial charge in [-0.2, -0.15) is 9.38 Å². The predicted octanol–water partition coefficient (Wildman–Crippen LogP) is 0.0339. The number of rotatable bonds is 0. The van der Waals surface area contributed by atoms with Gasteiger partial charge in [0.15, 0.2) is 5.83 Å². The first-order valence-corrected chi connectivity index (χ1v) is 3.48. The second kappa shape index (κ2) is 3.26. The van der Waals surface area contributed by atoms with E-state index in [-0.39, 0.29) is 11.6 Å². The lowest BCUT2D eigenvalue weighted by molar-refractivity contribution is -0.374. The van der Waals surface area contributed by atoms with Crippen molar-refractivity contribution in [2.75, 3.05) is 0 Å². The van der Waals surface area contributed by atoms with E-state index in [0.717, 1.165) is 0 Å². The summed E-state index contributed by atoms with van der Waals surface area (Å²) in [5.74, 6) is -0.747. The Hall–Kier alpha value is -1.51. The monoisotopic (exact) mass is 166 g/mol. The summed E-state index contributed by atoms with van der Waals surface area (Å²) >= 11 is 0. The highest BCUT2D eigenvalue weighted by atomic mass is 19.1. The number of halogens is 1. The van der Waals surface area contributed by atoms with Gasteiger partial charge < -0.3 is 0 Å². The summed E-state index contributed by atoms with van der Waals surface area (Å²) in [6.45, 7) is 4.88. The van der Waals surface area contributed by atoms with E-state index in [1.807, 2.05) is 0 Å². The lowest BCUT2D eigenvalue weighted by atomic mass is 10.1. The second-order valence-electron chi connectivity index (χ2n) is 2.50. The zero-order valence-electron chi connectivity index (χ0n) is 6.73. The number of carbonyl (C=O) groups excluding carboxylic acids is 1. The van der Waals surface area contributed by atoms with E-state index >= 15 is 0 Å². The van der Waals surface area contributed by atoms with Crippen LogP contribution in [-0.4, -0.2) is 11.6 Å². The summed E-state index contributed by atoms with van der Waals surface area (Å²) in [6, 6.07) is 0. The minimum absolute atomic E-state index is 0.190. The van der Waals surface area contributed by atoms with Crippen LogP contribution in [0.1, 0.15) is 6.92 Å². The van der Waals surface area contributed by atoms with Crippen molar-refractivity contribution in [3.05, 3.63) is 36.2 Å². The Morgan fingerprint density at radius 2 is 2.25 bits per heavy atom. The van der Waals surface area contributed by atoms with E-state index in [1.165, 1.54) is 19.1 Å². The number of amides is 1. The normalized spacial score (nSPS) is 19.7. The van der Waals surface area contributed by atoms with Gasteiger partial charge in [0.25, 0.3) is 0 Å². The van der Waals surface area contributed by atoms with Crippen LogP contribution in [0, 0.1) is 0 Å². The Morgan fingerprint density at radius 1 is 1.58 bits per heavy atom. The van der Waals surface area contributed by atoms with Crippen LogP contribution in [0.3, 0.4) is 0 Å². The molecule has 0 bridgehead atoms. The van der Waals surface area contributed by atoms with Crippen LogP contribution in [0.15, 0.2) is 36.2 Å². The third-order valence-corrected chi connectivity index (χ3v) is 1.34. The van der Waals surface area contributed by atoms with Crippen molar-refractivity contribution >= 4 is 11.6 Å². The predicted molar refractivity (Wildman–Crippen MR) is 44.1 cm³/mol. The Bertz CT molecular complexity index is 323. The van der Waals surface area contributed by atoms with Crippen LogP contribution >= 0.6 is 0 Å². The summed E-state index contributed by atoms with van der Waals surface area (Å²) in [4.78, 5) is 12.9. The molecule has 0 aromatic heterocycles. The van der Waals surface area contributed by atoms with Crippen molar-refractivity contribution in [3.63, 3.8) is 0 Å². The van der Waals surface area contributed by atoms with Gasteiger partial charge in [-0.25, -0.2) is 4.79 Å². The van der Waals surface area contributed by atoms with E-state index < -0.39 is 5.83 Å². The zero-order valence-corrected chi connectivity index (χ0v) is 6.73. The van der Waals surface area contributed by atoms with E-state index in [0.29, 0.717) is 5.57 Å². The van der Waals surface area contributed by atoms with Crippen LogP contribution in [0.5, 0.6) is 0 Å². The van der Waals surface area contributed by atoms with Crippen LogP contribution in [0.2, 0.25) is 0 Å². The number of hydrogen-bond donors (Lipinski definition) is 1. The molecule has 0 heterocycles. The average Bonchev–Trinajstić information content (AvgIpc) is 1.94. The molecule has 0 fully saturated rings. The lowest BCUT2D eigenvalue weighted by Gasteiger charge is -1.98. The van der Waals surface area contributed by atoms with Crippen molar-refractivity contribution in [2.24, 2.45) is 0 Å². The highest BCUT2D eigenvalue weighted by molar-refractivity contribution is 6.06. The maximum Gasteiger partial charge on any atom is 0.382 e. The zero-order chi connectivity index (χ0) is 9.14. The van der Waals surface area contributed by atoms with E-state index in [9.17, 15) is 9.18 Å². The third-order valence-electron chi connectivity index (χ3n) is 1.34. The van der Waals surface area contributed by atoms with Gasteiger partial charge in [0, 0.05) is 6.08 Å². The van der Waals surface area contributed by atoms with Gasteiger partial charge in [-0.1, -0.05) is 6.58 Å². The molecular formula is C9H9FNO+. The van der Waals surface area contributed by atoms with Crippen molar-refractivity contribution in [1.29, 1.82) is 0 Å². The van der Waals surface area contributed by atoms with E-state index in [4.69, 9.17) is 0 Å². The molecule has 1 aliphatic carbocycles. The molecule has 0 aliphatic heterocycles. The average molecular weight is 166 g/mol. The Labute approximate surface area is 69.8 Å². The summed E-state index contributed by atoms with van der Waals surface area (Å²) in [5.41, 5.74) is 0.775. The molecule has 0 atom stereocenters. The fourth-order valence-corrected chi connectivity index (χ4v) is 0.850. The number of nitrogens with one attached hydrogen (secondary N) is 1. The summed E-state index contributed by atoms with van der Waals surface area (Å²) < 4.78 is 13.0. The van der Waals surface area contributed by atoms with Gasteiger partial charge in [0.05, 0.1) is 6.92 Å². The molecule has 62 valence electrons. The first-order chi connectivity index (χ1) is 5.59. The van der Waals surface area contributed by atoms with Crippen LogP contribution in [-0.2, 0) is 4.79 Å². The molecule has 0 aromatic rings. The van der Waals surface area contributed by atoms with Crippen molar-refractivity contribution < 1.29 is 14.2 Å². The molecule has 3 heteroatoms. The molecule has 2 nitrogen and oxygen atoms in total. The SMILES string of the molecule is C=C1C=CC(=[NH+]C(C)=O)C(F)=C1. The number of allylic oxidation sites excluding steroid dienone is 5.